The van der Waals surface area contributed by atoms with Crippen molar-refractivity contribution < 1.29 is 14.7 Å². The molecule has 1 aromatic carbocycles. The summed E-state index contributed by atoms with van der Waals surface area (Å²) in [5, 5.41) is 11.8. The van der Waals surface area contributed by atoms with Crippen LogP contribution in [0.25, 0.3) is 0 Å². The fourth-order valence-electron chi connectivity index (χ4n) is 2.88. The number of benzene rings is 1. The topological polar surface area (TPSA) is 92.4 Å². The van der Waals surface area contributed by atoms with Gasteiger partial charge in [0.15, 0.2) is 0 Å². The molecule has 0 radical (unpaired) electrons. The van der Waals surface area contributed by atoms with E-state index in [0.29, 0.717) is 12.1 Å². The Labute approximate surface area is 124 Å². The Balaban J connectivity index is 2.01. The summed E-state index contributed by atoms with van der Waals surface area (Å²) in [4.78, 5) is 23.0. The van der Waals surface area contributed by atoms with Crippen LogP contribution in [0.4, 0.5) is 5.69 Å². The Hall–Kier alpha value is -1.88. The van der Waals surface area contributed by atoms with E-state index in [4.69, 9.17) is 10.8 Å². The van der Waals surface area contributed by atoms with Gasteiger partial charge in [-0.2, -0.15) is 0 Å². The summed E-state index contributed by atoms with van der Waals surface area (Å²) < 4.78 is 0. The molecule has 1 fully saturated rings. The van der Waals surface area contributed by atoms with E-state index < -0.39 is 11.5 Å². The number of rotatable bonds is 4. The van der Waals surface area contributed by atoms with Crippen molar-refractivity contribution in [2.45, 2.75) is 51.0 Å². The Morgan fingerprint density at radius 3 is 2.52 bits per heavy atom. The number of carbonyl (C=O) groups excluding carboxylic acids is 1. The van der Waals surface area contributed by atoms with E-state index in [-0.39, 0.29) is 11.5 Å². The average Bonchev–Trinajstić information content (AvgIpc) is 2.41. The molecule has 114 valence electrons. The van der Waals surface area contributed by atoms with E-state index in [2.05, 4.69) is 5.32 Å². The number of carboxylic acids is 1. The number of nitrogens with two attached hydrogens (primary N) is 1. The van der Waals surface area contributed by atoms with E-state index in [1.807, 2.05) is 0 Å². The predicted octanol–water partition coefficient (Wildman–Crippen LogP) is 2.68. The minimum atomic E-state index is -0.973. The van der Waals surface area contributed by atoms with Crippen molar-refractivity contribution in [3.8, 4) is 0 Å². The van der Waals surface area contributed by atoms with Gasteiger partial charge in [-0.1, -0.05) is 19.3 Å². The molecule has 1 aliphatic rings. The maximum absolute atomic E-state index is 12.1. The number of nitrogens with one attached hydrogen (secondary N) is 1. The highest BCUT2D eigenvalue weighted by atomic mass is 16.4. The van der Waals surface area contributed by atoms with Crippen LogP contribution in [0.1, 0.15) is 54.4 Å². The lowest BCUT2D eigenvalue weighted by atomic mass is 9.80. The molecular formula is C16H22N2O3. The molecule has 4 N–H and O–H groups in total. The maximum atomic E-state index is 12.1. The van der Waals surface area contributed by atoms with Crippen LogP contribution in [0.2, 0.25) is 0 Å². The number of amides is 1. The van der Waals surface area contributed by atoms with Gasteiger partial charge in [0.05, 0.1) is 5.56 Å². The molecule has 0 aromatic heterocycles. The molecule has 0 atom stereocenters. The summed E-state index contributed by atoms with van der Waals surface area (Å²) in [5.74, 6) is -1.08. The van der Waals surface area contributed by atoms with Gasteiger partial charge < -0.3 is 16.2 Å². The zero-order valence-corrected chi connectivity index (χ0v) is 12.3. The second-order valence-electron chi connectivity index (χ2n) is 5.98. The lowest BCUT2D eigenvalue weighted by Crippen LogP contribution is -2.44. The monoisotopic (exact) mass is 290 g/mol. The first-order valence-electron chi connectivity index (χ1n) is 7.32. The third-order valence-electron chi connectivity index (χ3n) is 4.11. The summed E-state index contributed by atoms with van der Waals surface area (Å²) in [6.45, 7) is 1.78. The van der Waals surface area contributed by atoms with Gasteiger partial charge in [0.2, 0.25) is 5.91 Å². The molecule has 5 nitrogen and oxygen atoms in total. The fourth-order valence-corrected chi connectivity index (χ4v) is 2.88. The highest BCUT2D eigenvalue weighted by Crippen LogP contribution is 2.29. The van der Waals surface area contributed by atoms with Crippen LogP contribution >= 0.6 is 0 Å². The summed E-state index contributed by atoms with van der Waals surface area (Å²) >= 11 is 0. The van der Waals surface area contributed by atoms with Crippen LogP contribution < -0.4 is 11.1 Å². The van der Waals surface area contributed by atoms with Crippen molar-refractivity contribution in [3.63, 3.8) is 0 Å². The van der Waals surface area contributed by atoms with Crippen molar-refractivity contribution in [3.05, 3.63) is 29.3 Å². The van der Waals surface area contributed by atoms with Gasteiger partial charge in [-0.3, -0.25) is 4.79 Å². The molecular weight excluding hydrogens is 268 g/mol. The van der Waals surface area contributed by atoms with Crippen molar-refractivity contribution in [1.29, 1.82) is 0 Å². The molecule has 0 bridgehead atoms. The molecule has 2 rings (SSSR count). The van der Waals surface area contributed by atoms with E-state index in [9.17, 15) is 9.59 Å². The minimum absolute atomic E-state index is 0.106. The van der Waals surface area contributed by atoms with Crippen molar-refractivity contribution in [2.75, 3.05) is 5.32 Å². The largest absolute Gasteiger partial charge is 0.478 e. The van der Waals surface area contributed by atoms with Crippen LogP contribution in [0.15, 0.2) is 18.2 Å². The SMILES string of the molecule is Cc1cc(C(=O)O)ccc1NC(=O)CC1(N)CCCCC1. The van der Waals surface area contributed by atoms with Crippen molar-refractivity contribution >= 4 is 17.6 Å². The second kappa shape index (κ2) is 6.26. The van der Waals surface area contributed by atoms with Crippen LogP contribution in [-0.4, -0.2) is 22.5 Å². The van der Waals surface area contributed by atoms with Crippen molar-refractivity contribution in [1.82, 2.24) is 0 Å². The summed E-state index contributed by atoms with van der Waals surface area (Å²) in [7, 11) is 0. The number of carbonyl (C=O) groups is 2. The Morgan fingerprint density at radius 2 is 1.95 bits per heavy atom. The molecule has 1 aliphatic carbocycles. The smallest absolute Gasteiger partial charge is 0.335 e. The first kappa shape index (κ1) is 15.5. The number of hydrogen-bond donors (Lipinski definition) is 3. The van der Waals surface area contributed by atoms with Gasteiger partial charge in [0, 0.05) is 17.6 Å². The summed E-state index contributed by atoms with van der Waals surface area (Å²) in [6, 6.07) is 4.67. The molecule has 1 saturated carbocycles. The third kappa shape index (κ3) is 4.04. The highest BCUT2D eigenvalue weighted by molar-refractivity contribution is 5.94. The average molecular weight is 290 g/mol. The summed E-state index contributed by atoms with van der Waals surface area (Å²) in [6.07, 6.45) is 5.43. The molecule has 0 heterocycles. The number of aromatic carboxylic acids is 1. The fraction of sp³-hybridized carbons (Fsp3) is 0.500. The van der Waals surface area contributed by atoms with E-state index in [1.165, 1.54) is 12.5 Å². The van der Waals surface area contributed by atoms with Crippen LogP contribution in [0, 0.1) is 6.92 Å². The van der Waals surface area contributed by atoms with E-state index in [1.54, 1.807) is 19.1 Å². The first-order valence-corrected chi connectivity index (χ1v) is 7.32. The van der Waals surface area contributed by atoms with Gasteiger partial charge in [-0.05, 0) is 43.5 Å². The van der Waals surface area contributed by atoms with Crippen LogP contribution in [0.5, 0.6) is 0 Å². The van der Waals surface area contributed by atoms with Gasteiger partial charge >= 0.3 is 5.97 Å². The maximum Gasteiger partial charge on any atom is 0.335 e. The van der Waals surface area contributed by atoms with Crippen LogP contribution in [-0.2, 0) is 4.79 Å². The normalized spacial score (nSPS) is 17.2. The molecule has 5 heteroatoms. The quantitative estimate of drug-likeness (QED) is 0.795. The third-order valence-corrected chi connectivity index (χ3v) is 4.11. The van der Waals surface area contributed by atoms with Crippen molar-refractivity contribution in [2.24, 2.45) is 5.73 Å². The van der Waals surface area contributed by atoms with Gasteiger partial charge in [0.1, 0.15) is 0 Å². The van der Waals surface area contributed by atoms with E-state index in [0.717, 1.165) is 31.2 Å². The molecule has 1 amide bonds. The lowest BCUT2D eigenvalue weighted by molar-refractivity contribution is -0.117. The molecule has 1 aromatic rings. The van der Waals surface area contributed by atoms with E-state index >= 15 is 0 Å². The Bertz CT molecular complexity index is 548. The zero-order chi connectivity index (χ0) is 15.5. The highest BCUT2D eigenvalue weighted by Gasteiger charge is 2.30. The molecule has 21 heavy (non-hydrogen) atoms. The van der Waals surface area contributed by atoms with Crippen LogP contribution in [0.3, 0.4) is 0 Å². The predicted molar refractivity (Wildman–Crippen MR) is 81.4 cm³/mol. The van der Waals surface area contributed by atoms with Gasteiger partial charge in [-0.25, -0.2) is 4.79 Å². The number of carboxylic acid groups (broad SMARTS) is 1. The second-order valence-corrected chi connectivity index (χ2v) is 5.98. The lowest BCUT2D eigenvalue weighted by Gasteiger charge is -2.32. The van der Waals surface area contributed by atoms with Gasteiger partial charge in [-0.15, -0.1) is 0 Å². The van der Waals surface area contributed by atoms with Gasteiger partial charge in [0.25, 0.3) is 0 Å². The molecule has 0 saturated heterocycles. The molecule has 0 spiro atoms. The standard InChI is InChI=1S/C16H22N2O3/c1-11-9-12(15(20)21)5-6-13(11)18-14(19)10-16(17)7-3-2-4-8-16/h5-6,9H,2-4,7-8,10,17H2,1H3,(H,18,19)(H,20,21). The molecule has 0 unspecified atom stereocenters. The number of hydrogen-bond acceptors (Lipinski definition) is 3. The number of anilines is 1. The zero-order valence-electron chi connectivity index (χ0n) is 12.3. The Morgan fingerprint density at radius 1 is 1.29 bits per heavy atom. The minimum Gasteiger partial charge on any atom is -0.478 e. The number of aryl methyl sites for hydroxylation is 1. The summed E-state index contributed by atoms with van der Waals surface area (Å²) in [5.41, 5.74) is 7.48. The molecule has 0 aliphatic heterocycles. The Kier molecular flexibility index (Phi) is 4.63. The first-order chi connectivity index (χ1) is 9.89.